The topological polar surface area (TPSA) is 25.6 Å². The lowest BCUT2D eigenvalue weighted by Gasteiger charge is -2.36. The fourth-order valence-corrected chi connectivity index (χ4v) is 13.6. The van der Waals surface area contributed by atoms with Crippen LogP contribution in [0.3, 0.4) is 0 Å². The third-order valence-electron chi connectivity index (χ3n) is 16.7. The van der Waals surface area contributed by atoms with Gasteiger partial charge in [0.15, 0.2) is 0 Å². The van der Waals surface area contributed by atoms with Crippen molar-refractivity contribution in [2.45, 2.75) is 24.7 Å². The van der Waals surface area contributed by atoms with E-state index in [4.69, 9.17) is 9.15 Å². The molecule has 0 fully saturated rings. The van der Waals surface area contributed by atoms with Gasteiger partial charge in [-0.25, -0.2) is 0 Å². The highest BCUT2D eigenvalue weighted by Crippen LogP contribution is 2.64. The Morgan fingerprint density at radius 2 is 0.795 bits per heavy atom. The van der Waals surface area contributed by atoms with Crippen LogP contribution in [0.1, 0.15) is 47.2 Å². The van der Waals surface area contributed by atoms with E-state index in [-0.39, 0.29) is 5.41 Å². The number of furan rings is 1. The minimum atomic E-state index is -0.736. The van der Waals surface area contributed by atoms with E-state index in [9.17, 15) is 0 Å². The van der Waals surface area contributed by atoms with Crippen LogP contribution in [0.5, 0.6) is 11.5 Å². The summed E-state index contributed by atoms with van der Waals surface area (Å²) in [6.45, 7) is 4.74. The zero-order valence-electron chi connectivity index (χ0n) is 40.3. The molecule has 0 N–H and O–H groups in total. The first-order valence-corrected chi connectivity index (χ1v) is 25.4. The van der Waals surface area contributed by atoms with Gasteiger partial charge in [-0.2, -0.15) is 0 Å². The molecule has 0 bridgehead atoms. The highest BCUT2D eigenvalue weighted by molar-refractivity contribution is 6.13. The van der Waals surface area contributed by atoms with Crippen LogP contribution in [-0.2, 0) is 10.8 Å². The Bertz CT molecular complexity index is 4360. The Morgan fingerprint density at radius 1 is 0.315 bits per heavy atom. The monoisotopic (exact) mass is 931 g/mol. The van der Waals surface area contributed by atoms with Gasteiger partial charge >= 0.3 is 0 Å². The molecule has 0 saturated carbocycles. The molecule has 2 heterocycles. The maximum absolute atomic E-state index is 6.99. The summed E-state index contributed by atoms with van der Waals surface area (Å²) in [7, 11) is 0. The first-order chi connectivity index (χ1) is 36.0. The zero-order valence-corrected chi connectivity index (χ0v) is 40.3. The SMILES string of the molecule is CC1(C)c2ccccc2-c2ccc(N(c3ccc4c(c3)-c3ccccc3-c3ccccc3O4)c3ccc4c(c3)C3(c5ccccc5-c5ccccc5-4)c4ccccc4-c4c3ccc3c4oc4ccccc43)cc21. The molecular formula is C70H45NO2. The second-order valence-electron chi connectivity index (χ2n) is 20.6. The molecule has 1 aliphatic heterocycles. The summed E-state index contributed by atoms with van der Waals surface area (Å²) < 4.78 is 13.9. The van der Waals surface area contributed by atoms with Crippen LogP contribution in [0, 0.1) is 0 Å². The van der Waals surface area contributed by atoms with Gasteiger partial charge in [0.1, 0.15) is 22.7 Å². The molecule has 12 aromatic rings. The van der Waals surface area contributed by atoms with Crippen molar-refractivity contribution in [3.05, 3.63) is 270 Å². The maximum Gasteiger partial charge on any atom is 0.143 e. The fraction of sp³-hybridized carbons (Fsp3) is 0.0571. The lowest BCUT2D eigenvalue weighted by atomic mass is 9.65. The number of anilines is 3. The molecule has 1 atom stereocenters. The quantitative estimate of drug-likeness (QED) is 0.177. The van der Waals surface area contributed by atoms with Gasteiger partial charge in [-0.15, -0.1) is 0 Å². The molecule has 0 amide bonds. The third kappa shape index (κ3) is 5.38. The van der Waals surface area contributed by atoms with Gasteiger partial charge in [-0.1, -0.05) is 196 Å². The molecular weight excluding hydrogens is 887 g/mol. The van der Waals surface area contributed by atoms with Crippen molar-refractivity contribution in [3.8, 4) is 78.3 Å². The molecule has 3 nitrogen and oxygen atoms in total. The van der Waals surface area contributed by atoms with Gasteiger partial charge in [0.2, 0.25) is 0 Å². The number of fused-ring (bicyclic) bond motifs is 24. The highest BCUT2D eigenvalue weighted by atomic mass is 16.5. The van der Waals surface area contributed by atoms with Gasteiger partial charge in [-0.05, 0) is 138 Å². The third-order valence-corrected chi connectivity index (χ3v) is 16.7. The van der Waals surface area contributed by atoms with Crippen LogP contribution >= 0.6 is 0 Å². The van der Waals surface area contributed by atoms with E-state index >= 15 is 0 Å². The highest BCUT2D eigenvalue weighted by Gasteiger charge is 2.51. The number of hydrogen-bond acceptors (Lipinski definition) is 3. The summed E-state index contributed by atoms with van der Waals surface area (Å²) >= 11 is 0. The minimum Gasteiger partial charge on any atom is -0.456 e. The molecule has 0 radical (unpaired) electrons. The summed E-state index contributed by atoms with van der Waals surface area (Å²) in [6.07, 6.45) is 0. The zero-order chi connectivity index (χ0) is 48.2. The van der Waals surface area contributed by atoms with E-state index in [0.717, 1.165) is 78.3 Å². The number of rotatable bonds is 3. The number of hydrogen-bond donors (Lipinski definition) is 0. The van der Waals surface area contributed by atoms with Crippen molar-refractivity contribution in [3.63, 3.8) is 0 Å². The van der Waals surface area contributed by atoms with Crippen molar-refractivity contribution >= 4 is 39.0 Å². The van der Waals surface area contributed by atoms with E-state index in [2.05, 4.69) is 255 Å². The molecule has 11 aromatic carbocycles. The van der Waals surface area contributed by atoms with Crippen LogP contribution in [-0.4, -0.2) is 0 Å². The molecule has 0 saturated heterocycles. The smallest absolute Gasteiger partial charge is 0.143 e. The molecule has 1 unspecified atom stereocenters. The van der Waals surface area contributed by atoms with Gasteiger partial charge in [0, 0.05) is 49.9 Å². The van der Waals surface area contributed by atoms with E-state index < -0.39 is 5.41 Å². The van der Waals surface area contributed by atoms with Crippen LogP contribution in [0.25, 0.3) is 88.7 Å². The predicted molar refractivity (Wildman–Crippen MR) is 299 cm³/mol. The van der Waals surface area contributed by atoms with E-state index in [1.165, 1.54) is 72.3 Å². The molecule has 3 aliphatic carbocycles. The van der Waals surface area contributed by atoms with E-state index in [1.807, 2.05) is 0 Å². The summed E-state index contributed by atoms with van der Waals surface area (Å²) in [5, 5.41) is 2.26. The lowest BCUT2D eigenvalue weighted by Crippen LogP contribution is -2.29. The average Bonchev–Trinajstić information content (AvgIpc) is 4.08. The van der Waals surface area contributed by atoms with Crippen molar-refractivity contribution in [2.75, 3.05) is 4.90 Å². The Balaban J connectivity index is 1.01. The van der Waals surface area contributed by atoms with E-state index in [0.29, 0.717) is 0 Å². The van der Waals surface area contributed by atoms with Crippen molar-refractivity contribution in [1.82, 2.24) is 0 Å². The number of para-hydroxylation sites is 2. The van der Waals surface area contributed by atoms with Gasteiger partial charge in [-0.3, -0.25) is 0 Å². The Kier molecular flexibility index (Phi) is 8.16. The summed E-state index contributed by atoms with van der Waals surface area (Å²) in [4.78, 5) is 2.49. The molecule has 4 aliphatic rings. The van der Waals surface area contributed by atoms with Crippen LogP contribution in [0.4, 0.5) is 17.1 Å². The summed E-state index contributed by atoms with van der Waals surface area (Å²) in [5.41, 5.74) is 25.9. The standard InChI is InChI=1S/C70H45NO2/c1-69(2)58-26-12-7-22-50(58)52-35-32-43(40-62(52)69)71(42-33-38-66-57(39-42)48-20-6-5-19-47(48)53-23-10-15-29-64(53)72-66)44-31-34-51-46-18-4-3-17-45(46)49-21-8-13-27-59(49)70(63(51)41-44)60-28-14-9-25-56(60)67-61(70)37-36-55-54-24-11-16-30-65(54)73-68(55)67/h3-41H,1-2H3. The second-order valence-corrected chi connectivity index (χ2v) is 20.6. The lowest BCUT2D eigenvalue weighted by molar-refractivity contribution is 0.488. The Labute approximate surface area is 423 Å². The number of benzene rings is 11. The molecule has 73 heavy (non-hydrogen) atoms. The average molecular weight is 932 g/mol. The molecule has 16 rings (SSSR count). The van der Waals surface area contributed by atoms with Crippen LogP contribution in [0.15, 0.2) is 241 Å². The van der Waals surface area contributed by atoms with E-state index in [1.54, 1.807) is 0 Å². The van der Waals surface area contributed by atoms with Gasteiger partial charge in [0.05, 0.1) is 5.41 Å². The van der Waals surface area contributed by atoms with Crippen LogP contribution < -0.4 is 9.64 Å². The molecule has 3 heteroatoms. The molecule has 1 aromatic heterocycles. The largest absolute Gasteiger partial charge is 0.456 e. The fourth-order valence-electron chi connectivity index (χ4n) is 13.6. The predicted octanol–water partition coefficient (Wildman–Crippen LogP) is 18.8. The minimum absolute atomic E-state index is 0.204. The maximum atomic E-state index is 6.99. The van der Waals surface area contributed by atoms with Gasteiger partial charge < -0.3 is 14.1 Å². The second kappa shape index (κ2) is 14.7. The van der Waals surface area contributed by atoms with Crippen molar-refractivity contribution < 1.29 is 9.15 Å². The number of ether oxygens (including phenoxy) is 1. The number of nitrogens with zero attached hydrogens (tertiary/aromatic N) is 1. The summed E-state index contributed by atoms with van der Waals surface area (Å²) in [6, 6.07) is 87.5. The molecule has 342 valence electrons. The summed E-state index contributed by atoms with van der Waals surface area (Å²) in [5.74, 6) is 1.68. The normalized spacial score (nSPS) is 15.5. The van der Waals surface area contributed by atoms with Crippen molar-refractivity contribution in [1.29, 1.82) is 0 Å². The Morgan fingerprint density at radius 3 is 1.52 bits per heavy atom. The van der Waals surface area contributed by atoms with Crippen molar-refractivity contribution in [2.24, 2.45) is 0 Å². The van der Waals surface area contributed by atoms with Crippen LogP contribution in [0.2, 0.25) is 0 Å². The van der Waals surface area contributed by atoms with Gasteiger partial charge in [0.25, 0.3) is 0 Å². The Hall–Kier alpha value is -9.18. The first kappa shape index (κ1) is 40.5. The first-order valence-electron chi connectivity index (χ1n) is 25.4. The molecule has 1 spiro atoms.